The zero-order valence-electron chi connectivity index (χ0n) is 25.1. The third kappa shape index (κ3) is 9.70. The highest BCUT2D eigenvalue weighted by atomic mass is 16.5. The van der Waals surface area contributed by atoms with Crippen LogP contribution in [-0.2, 0) is 19.7 Å². The number of carbonyl (C=O) groups excluding carboxylic acids is 2. The summed E-state index contributed by atoms with van der Waals surface area (Å²) < 4.78 is 5.63. The van der Waals surface area contributed by atoms with Crippen LogP contribution in [0.5, 0.6) is 0 Å². The maximum Gasteiger partial charge on any atom is 0.225 e. The van der Waals surface area contributed by atoms with Gasteiger partial charge in [-0.3, -0.25) is 9.59 Å². The molecule has 1 heterocycles. The van der Waals surface area contributed by atoms with E-state index in [1.54, 1.807) is 0 Å². The maximum absolute atomic E-state index is 13.8. The first kappa shape index (κ1) is 32.3. The molecular formula is C33H56N2O3. The van der Waals surface area contributed by atoms with Crippen molar-refractivity contribution in [2.45, 2.75) is 111 Å². The molecule has 0 saturated carbocycles. The van der Waals surface area contributed by atoms with E-state index < -0.39 is 0 Å². The number of hydrogen-bond donors (Lipinski definition) is 1. The van der Waals surface area contributed by atoms with Gasteiger partial charge in [0.25, 0.3) is 0 Å². The highest BCUT2D eigenvalue weighted by molar-refractivity contribution is 5.80. The Morgan fingerprint density at radius 3 is 2.55 bits per heavy atom. The van der Waals surface area contributed by atoms with Crippen molar-refractivity contribution in [2.24, 2.45) is 17.8 Å². The molecule has 5 heteroatoms. The molecule has 0 bridgehead atoms. The molecule has 3 unspecified atom stereocenters. The van der Waals surface area contributed by atoms with Crippen LogP contribution >= 0.6 is 0 Å². The van der Waals surface area contributed by atoms with Gasteiger partial charge in [0, 0.05) is 45.2 Å². The number of hydrogen-bond acceptors (Lipinski definition) is 3. The molecule has 1 saturated heterocycles. The van der Waals surface area contributed by atoms with Crippen LogP contribution in [0.25, 0.3) is 0 Å². The number of nitrogens with one attached hydrogen (secondary N) is 1. The predicted octanol–water partition coefficient (Wildman–Crippen LogP) is 7.14. The largest absolute Gasteiger partial charge is 0.382 e. The molecule has 216 valence electrons. The Balaban J connectivity index is 2.33. The fourth-order valence-electron chi connectivity index (χ4n) is 6.58. The van der Waals surface area contributed by atoms with Crippen molar-refractivity contribution in [1.82, 2.24) is 10.2 Å². The zero-order valence-corrected chi connectivity index (χ0v) is 25.1. The molecule has 0 radical (unpaired) electrons. The van der Waals surface area contributed by atoms with Crippen molar-refractivity contribution < 1.29 is 14.3 Å². The number of nitrogens with zero attached hydrogens (tertiary/aromatic N) is 1. The molecule has 1 fully saturated rings. The number of ether oxygens (including phenoxy) is 1. The number of carbonyl (C=O) groups is 2. The third-order valence-electron chi connectivity index (χ3n) is 8.92. The van der Waals surface area contributed by atoms with Gasteiger partial charge in [0.15, 0.2) is 0 Å². The molecule has 0 aliphatic carbocycles. The Bertz CT molecular complexity index is 799. The molecule has 1 aliphatic heterocycles. The zero-order chi connectivity index (χ0) is 27.8. The molecule has 1 N–H and O–H groups in total. The van der Waals surface area contributed by atoms with E-state index in [1.807, 2.05) is 11.8 Å². The molecule has 4 atom stereocenters. The van der Waals surface area contributed by atoms with Crippen LogP contribution in [0.3, 0.4) is 0 Å². The lowest BCUT2D eigenvalue weighted by atomic mass is 9.63. The van der Waals surface area contributed by atoms with E-state index in [4.69, 9.17) is 4.74 Å². The summed E-state index contributed by atoms with van der Waals surface area (Å²) in [7, 11) is 0. The standard InChI is InChI=1S/C33H56N2O3/c1-6-15-27(4)33(30-18-10-9-11-19-30)21-12-16-29(17-13-26-38-8-3)28(5)32(37)35(24-14-22-33)25-20-31(36)34-23-7-2/h9-11,18-19,27-29H,6-8,12-17,20-26H2,1-5H3,(H,34,36)/t27?,28?,29?,33-/m0/s1. The molecule has 0 spiro atoms. The van der Waals surface area contributed by atoms with Gasteiger partial charge in [-0.05, 0) is 74.7 Å². The third-order valence-corrected chi connectivity index (χ3v) is 8.92. The normalized spacial score (nSPS) is 24.0. The monoisotopic (exact) mass is 528 g/mol. The van der Waals surface area contributed by atoms with Crippen molar-refractivity contribution in [2.75, 3.05) is 32.8 Å². The molecule has 1 aliphatic rings. The van der Waals surface area contributed by atoms with Gasteiger partial charge in [-0.15, -0.1) is 0 Å². The van der Waals surface area contributed by atoms with Crippen molar-refractivity contribution in [3.63, 3.8) is 0 Å². The second-order valence-electron chi connectivity index (χ2n) is 11.5. The summed E-state index contributed by atoms with van der Waals surface area (Å²) in [6.07, 6.45) is 11.1. The van der Waals surface area contributed by atoms with Gasteiger partial charge in [-0.1, -0.05) is 77.3 Å². The first-order chi connectivity index (χ1) is 18.4. The molecule has 0 aromatic heterocycles. The van der Waals surface area contributed by atoms with Crippen LogP contribution < -0.4 is 5.32 Å². The van der Waals surface area contributed by atoms with Gasteiger partial charge in [0.1, 0.15) is 0 Å². The molecule has 2 rings (SSSR count). The van der Waals surface area contributed by atoms with Gasteiger partial charge in [-0.2, -0.15) is 0 Å². The molecule has 5 nitrogen and oxygen atoms in total. The van der Waals surface area contributed by atoms with Gasteiger partial charge in [0.05, 0.1) is 0 Å². The Hall–Kier alpha value is -1.88. The Morgan fingerprint density at radius 2 is 1.87 bits per heavy atom. The van der Waals surface area contributed by atoms with E-state index in [0.717, 1.165) is 64.7 Å². The summed E-state index contributed by atoms with van der Waals surface area (Å²) in [6.45, 7) is 14.4. The molecule has 38 heavy (non-hydrogen) atoms. The Labute approximate surface area is 233 Å². The summed E-state index contributed by atoms with van der Waals surface area (Å²) in [5, 5.41) is 2.98. The lowest BCUT2D eigenvalue weighted by Gasteiger charge is -2.41. The van der Waals surface area contributed by atoms with Crippen LogP contribution in [0.2, 0.25) is 0 Å². The van der Waals surface area contributed by atoms with E-state index in [9.17, 15) is 9.59 Å². The fraction of sp³-hybridized carbons (Fsp3) is 0.758. The Kier molecular flexibility index (Phi) is 15.0. The molecular weight excluding hydrogens is 472 g/mol. The second-order valence-corrected chi connectivity index (χ2v) is 11.5. The topological polar surface area (TPSA) is 58.6 Å². The van der Waals surface area contributed by atoms with E-state index >= 15 is 0 Å². The van der Waals surface area contributed by atoms with Gasteiger partial charge in [0.2, 0.25) is 11.8 Å². The van der Waals surface area contributed by atoms with E-state index in [-0.39, 0.29) is 23.1 Å². The van der Waals surface area contributed by atoms with Crippen molar-refractivity contribution in [3.8, 4) is 0 Å². The van der Waals surface area contributed by atoms with Crippen LogP contribution in [0.1, 0.15) is 111 Å². The van der Waals surface area contributed by atoms with Gasteiger partial charge < -0.3 is 15.0 Å². The van der Waals surface area contributed by atoms with E-state index in [1.165, 1.54) is 24.8 Å². The quantitative estimate of drug-likeness (QED) is 0.261. The highest BCUT2D eigenvalue weighted by Crippen LogP contribution is 2.44. The molecule has 2 amide bonds. The maximum atomic E-state index is 13.8. The number of rotatable bonds is 14. The summed E-state index contributed by atoms with van der Waals surface area (Å²) in [6, 6.07) is 11.1. The predicted molar refractivity (Wildman–Crippen MR) is 158 cm³/mol. The van der Waals surface area contributed by atoms with Crippen molar-refractivity contribution in [3.05, 3.63) is 35.9 Å². The average Bonchev–Trinajstić information content (AvgIpc) is 2.95. The minimum absolute atomic E-state index is 0.0346. The van der Waals surface area contributed by atoms with E-state index in [0.29, 0.717) is 31.3 Å². The average molecular weight is 529 g/mol. The van der Waals surface area contributed by atoms with Crippen LogP contribution in [-0.4, -0.2) is 49.6 Å². The molecule has 1 aromatic carbocycles. The van der Waals surface area contributed by atoms with Gasteiger partial charge >= 0.3 is 0 Å². The Morgan fingerprint density at radius 1 is 1.13 bits per heavy atom. The fourth-order valence-corrected chi connectivity index (χ4v) is 6.58. The van der Waals surface area contributed by atoms with Crippen LogP contribution in [0.15, 0.2) is 30.3 Å². The lowest BCUT2D eigenvalue weighted by Crippen LogP contribution is -2.41. The number of amides is 2. The minimum Gasteiger partial charge on any atom is -0.382 e. The van der Waals surface area contributed by atoms with E-state index in [2.05, 4.69) is 63.3 Å². The first-order valence-electron chi connectivity index (χ1n) is 15.6. The first-order valence-corrected chi connectivity index (χ1v) is 15.6. The van der Waals surface area contributed by atoms with Crippen molar-refractivity contribution >= 4 is 11.8 Å². The summed E-state index contributed by atoms with van der Waals surface area (Å²) in [4.78, 5) is 28.3. The minimum atomic E-state index is -0.0346. The van der Waals surface area contributed by atoms with Crippen molar-refractivity contribution in [1.29, 1.82) is 0 Å². The molecule has 1 aromatic rings. The van der Waals surface area contributed by atoms with Crippen LogP contribution in [0, 0.1) is 17.8 Å². The number of benzene rings is 1. The highest BCUT2D eigenvalue weighted by Gasteiger charge is 2.38. The SMILES string of the molecule is CCCNC(=O)CCN1CCC[C@](c2ccccc2)(C(C)CCC)CCCC(CCCOCC)C(C)C1=O. The summed E-state index contributed by atoms with van der Waals surface area (Å²) in [5.41, 5.74) is 1.58. The smallest absolute Gasteiger partial charge is 0.225 e. The van der Waals surface area contributed by atoms with Gasteiger partial charge in [-0.25, -0.2) is 0 Å². The van der Waals surface area contributed by atoms with Crippen LogP contribution in [0.4, 0.5) is 0 Å². The summed E-state index contributed by atoms with van der Waals surface area (Å²) in [5.74, 6) is 1.15. The summed E-state index contributed by atoms with van der Waals surface area (Å²) >= 11 is 0. The second kappa shape index (κ2) is 17.7. The lowest BCUT2D eigenvalue weighted by molar-refractivity contribution is -0.137.